The molecule has 0 rings (SSSR count). The van der Waals surface area contributed by atoms with Gasteiger partial charge in [-0.1, -0.05) is 12.2 Å². The van der Waals surface area contributed by atoms with Gasteiger partial charge in [-0.3, -0.25) is 4.79 Å². The summed E-state index contributed by atoms with van der Waals surface area (Å²) >= 11 is 0. The smallest absolute Gasteiger partial charge is 0.307 e. The molecule has 4 nitrogen and oxygen atoms in total. The van der Waals surface area contributed by atoms with E-state index in [2.05, 4.69) is 18.9 Å². The number of allylic oxidation sites excluding steroid dienone is 2. The fourth-order valence-electron chi connectivity index (χ4n) is 0.700. The molecule has 0 radical (unpaired) electrons. The van der Waals surface area contributed by atoms with Crippen LogP contribution in [0.4, 0.5) is 0 Å². The van der Waals surface area contributed by atoms with Gasteiger partial charge in [0.2, 0.25) is 0 Å². The van der Waals surface area contributed by atoms with Crippen LogP contribution in [0.3, 0.4) is 0 Å². The van der Waals surface area contributed by atoms with Crippen molar-refractivity contribution in [3.63, 3.8) is 0 Å². The topological polar surface area (TPSA) is 80.4 Å². The first-order valence-electron chi connectivity index (χ1n) is 4.22. The summed E-state index contributed by atoms with van der Waals surface area (Å²) in [6.07, 6.45) is 4.91. The number of carbonyl (C=O) groups excluding carboxylic acids is 1. The summed E-state index contributed by atoms with van der Waals surface area (Å²) in [5.74, 6) is -1.12. The molecule has 14 heavy (non-hydrogen) atoms. The first-order valence-corrected chi connectivity index (χ1v) is 4.22. The monoisotopic (exact) mass is 199 g/mol. The van der Waals surface area contributed by atoms with Gasteiger partial charge in [-0.15, -0.1) is 13.2 Å². The van der Waals surface area contributed by atoms with E-state index in [0.29, 0.717) is 19.1 Å². The normalized spacial score (nSPS) is 8.43. The molecule has 0 aromatic rings. The molecule has 4 heteroatoms. The lowest BCUT2D eigenvalue weighted by molar-refractivity contribution is -0.141. The van der Waals surface area contributed by atoms with Crippen molar-refractivity contribution in [3.8, 4) is 0 Å². The molecular weight excluding hydrogens is 182 g/mol. The van der Waals surface area contributed by atoms with Gasteiger partial charge in [-0.2, -0.15) is 0 Å². The highest BCUT2D eigenvalue weighted by Gasteiger charge is 2.12. The van der Waals surface area contributed by atoms with Crippen molar-refractivity contribution in [1.29, 1.82) is 0 Å². The van der Waals surface area contributed by atoms with Crippen molar-refractivity contribution in [1.82, 2.24) is 0 Å². The van der Waals surface area contributed by atoms with Gasteiger partial charge in [0.25, 0.3) is 0 Å². The average Bonchev–Trinajstić information content (AvgIpc) is 2.18. The molecule has 0 aliphatic heterocycles. The van der Waals surface area contributed by atoms with Crippen molar-refractivity contribution in [2.24, 2.45) is 11.7 Å². The highest BCUT2D eigenvalue weighted by atomic mass is 16.4. The van der Waals surface area contributed by atoms with E-state index >= 15 is 0 Å². The van der Waals surface area contributed by atoms with E-state index in [1.807, 2.05) is 0 Å². The van der Waals surface area contributed by atoms with Gasteiger partial charge in [0, 0.05) is 6.54 Å². The second-order valence-electron chi connectivity index (χ2n) is 2.49. The summed E-state index contributed by atoms with van der Waals surface area (Å²) in [6, 6.07) is 0. The first-order chi connectivity index (χ1) is 6.63. The van der Waals surface area contributed by atoms with Crippen molar-refractivity contribution < 1.29 is 14.7 Å². The van der Waals surface area contributed by atoms with Crippen LogP contribution >= 0.6 is 0 Å². The zero-order valence-electron chi connectivity index (χ0n) is 8.19. The summed E-state index contributed by atoms with van der Waals surface area (Å²) < 4.78 is 0. The Bertz CT molecular complexity index is 180. The third-order valence-corrected chi connectivity index (χ3v) is 1.35. The third kappa shape index (κ3) is 10.6. The minimum atomic E-state index is -0.778. The fourth-order valence-corrected chi connectivity index (χ4v) is 0.700. The van der Waals surface area contributed by atoms with Crippen molar-refractivity contribution in [3.05, 3.63) is 25.3 Å². The van der Waals surface area contributed by atoms with Gasteiger partial charge in [-0.25, -0.2) is 0 Å². The van der Waals surface area contributed by atoms with Crippen molar-refractivity contribution in [2.45, 2.75) is 12.8 Å². The zero-order valence-corrected chi connectivity index (χ0v) is 8.19. The lowest BCUT2D eigenvalue weighted by Crippen LogP contribution is -2.11. The number of rotatable bonds is 6. The summed E-state index contributed by atoms with van der Waals surface area (Å²) in [4.78, 5) is 19.4. The third-order valence-electron chi connectivity index (χ3n) is 1.35. The maximum Gasteiger partial charge on any atom is 0.307 e. The molecule has 0 aliphatic carbocycles. The van der Waals surface area contributed by atoms with Crippen LogP contribution in [0.15, 0.2) is 25.3 Å². The summed E-state index contributed by atoms with van der Waals surface area (Å²) in [5, 5.41) is 8.54. The Balaban J connectivity index is 0. The SMILES string of the molecule is C=CCC(CC=C)C(=O)O.NCC=O. The summed E-state index contributed by atoms with van der Waals surface area (Å²) in [5.41, 5.74) is 4.66. The maximum absolute atomic E-state index is 10.4. The molecule has 0 aliphatic rings. The molecule has 0 atom stereocenters. The number of hydrogen-bond donors (Lipinski definition) is 2. The van der Waals surface area contributed by atoms with Crippen LogP contribution in [0.25, 0.3) is 0 Å². The number of nitrogens with two attached hydrogens (primary N) is 1. The Kier molecular flexibility index (Phi) is 12.5. The van der Waals surface area contributed by atoms with Crippen LogP contribution in [0, 0.1) is 5.92 Å². The zero-order chi connectivity index (χ0) is 11.4. The fraction of sp³-hybridized carbons (Fsp3) is 0.400. The Morgan fingerprint density at radius 2 is 1.71 bits per heavy atom. The average molecular weight is 199 g/mol. The number of aldehydes is 1. The van der Waals surface area contributed by atoms with Crippen LogP contribution in [0.1, 0.15) is 12.8 Å². The van der Waals surface area contributed by atoms with Gasteiger partial charge in [-0.05, 0) is 12.8 Å². The quantitative estimate of drug-likeness (QED) is 0.493. The molecule has 3 N–H and O–H groups in total. The van der Waals surface area contributed by atoms with E-state index < -0.39 is 5.97 Å². The first kappa shape index (κ1) is 15.1. The van der Waals surface area contributed by atoms with Gasteiger partial charge >= 0.3 is 5.97 Å². The molecule has 0 saturated heterocycles. The molecule has 0 bridgehead atoms. The van der Waals surface area contributed by atoms with Crippen LogP contribution in [0.2, 0.25) is 0 Å². The minimum Gasteiger partial charge on any atom is -0.481 e. The van der Waals surface area contributed by atoms with E-state index in [0.717, 1.165) is 0 Å². The molecule has 80 valence electrons. The molecule has 0 unspecified atom stereocenters. The van der Waals surface area contributed by atoms with Crippen LogP contribution < -0.4 is 5.73 Å². The lowest BCUT2D eigenvalue weighted by atomic mass is 10.0. The number of carboxylic acids is 1. The lowest BCUT2D eigenvalue weighted by Gasteiger charge is -2.04. The Morgan fingerprint density at radius 1 is 1.36 bits per heavy atom. The highest BCUT2D eigenvalue weighted by Crippen LogP contribution is 2.08. The van der Waals surface area contributed by atoms with Gasteiger partial charge in [0.05, 0.1) is 5.92 Å². The maximum atomic E-state index is 10.4. The Labute approximate surface area is 84.1 Å². The molecule has 0 fully saturated rings. The van der Waals surface area contributed by atoms with Crippen molar-refractivity contribution >= 4 is 12.3 Å². The summed E-state index contributed by atoms with van der Waals surface area (Å²) in [6.45, 7) is 7.07. The predicted molar refractivity (Wildman–Crippen MR) is 55.9 cm³/mol. The van der Waals surface area contributed by atoms with Gasteiger partial charge in [0.1, 0.15) is 6.29 Å². The van der Waals surface area contributed by atoms with E-state index in [9.17, 15) is 4.79 Å². The second kappa shape index (κ2) is 11.6. The Morgan fingerprint density at radius 3 is 1.86 bits per heavy atom. The van der Waals surface area contributed by atoms with Crippen molar-refractivity contribution in [2.75, 3.05) is 6.54 Å². The van der Waals surface area contributed by atoms with Crippen LogP contribution in [-0.4, -0.2) is 23.9 Å². The molecule has 0 amide bonds. The molecule has 0 aromatic carbocycles. The van der Waals surface area contributed by atoms with Gasteiger partial charge < -0.3 is 15.6 Å². The Hall–Kier alpha value is -1.42. The number of aliphatic carboxylic acids is 1. The molecule has 0 saturated carbocycles. The summed E-state index contributed by atoms with van der Waals surface area (Å²) in [7, 11) is 0. The predicted octanol–water partition coefficient (Wildman–Crippen LogP) is 0.983. The van der Waals surface area contributed by atoms with Crippen LogP contribution in [-0.2, 0) is 9.59 Å². The number of carbonyl (C=O) groups is 2. The standard InChI is InChI=1S/C8H12O2.C2H5NO/c1-3-5-7(6-4-2)8(9)10;3-1-2-4/h3-4,7H,1-2,5-6H2,(H,9,10);2H,1,3H2. The molecule has 0 spiro atoms. The van der Waals surface area contributed by atoms with E-state index in [-0.39, 0.29) is 12.5 Å². The number of carboxylic acid groups (broad SMARTS) is 1. The number of hydrogen-bond acceptors (Lipinski definition) is 3. The molecular formula is C10H17NO3. The van der Waals surface area contributed by atoms with Crippen LogP contribution in [0.5, 0.6) is 0 Å². The second-order valence-corrected chi connectivity index (χ2v) is 2.49. The van der Waals surface area contributed by atoms with E-state index in [1.54, 1.807) is 12.2 Å². The van der Waals surface area contributed by atoms with Gasteiger partial charge in [0.15, 0.2) is 0 Å². The molecule has 0 heterocycles. The van der Waals surface area contributed by atoms with E-state index in [4.69, 9.17) is 9.90 Å². The van der Waals surface area contributed by atoms with E-state index in [1.165, 1.54) is 0 Å². The largest absolute Gasteiger partial charge is 0.481 e. The minimum absolute atomic E-state index is 0.139. The molecule has 0 aromatic heterocycles. The highest BCUT2D eigenvalue weighted by molar-refractivity contribution is 5.70.